The van der Waals surface area contributed by atoms with Crippen LogP contribution >= 0.6 is 11.8 Å². The quantitative estimate of drug-likeness (QED) is 0.596. The van der Waals surface area contributed by atoms with Crippen molar-refractivity contribution in [1.29, 1.82) is 0 Å². The first-order valence-corrected chi connectivity index (χ1v) is 9.38. The van der Waals surface area contributed by atoms with E-state index in [0.717, 1.165) is 12.8 Å². The summed E-state index contributed by atoms with van der Waals surface area (Å²) in [7, 11) is 0. The summed E-state index contributed by atoms with van der Waals surface area (Å²) in [5.74, 6) is -3.01. The lowest BCUT2D eigenvalue weighted by atomic mass is 10.2. The summed E-state index contributed by atoms with van der Waals surface area (Å²) in [6, 6.07) is 13.5. The fraction of sp³-hybridized carbons (Fsp3) is 0.263. The maximum Gasteiger partial charge on any atom is 0.288 e. The first-order chi connectivity index (χ1) is 13.0. The molecule has 2 aromatic carbocycles. The number of carbonyl (C=O) groups excluding carboxylic acids is 2. The van der Waals surface area contributed by atoms with Gasteiger partial charge in [-0.05, 0) is 49.2 Å². The van der Waals surface area contributed by atoms with Gasteiger partial charge < -0.3 is 16.0 Å². The second-order valence-corrected chi connectivity index (χ2v) is 7.13. The normalized spacial score (nSPS) is 13.3. The van der Waals surface area contributed by atoms with E-state index in [9.17, 15) is 18.4 Å². The van der Waals surface area contributed by atoms with E-state index in [-0.39, 0.29) is 18.4 Å². The lowest BCUT2D eigenvalue weighted by Crippen LogP contribution is -2.25. The Labute approximate surface area is 159 Å². The van der Waals surface area contributed by atoms with Crippen LogP contribution in [0.5, 0.6) is 0 Å². The van der Waals surface area contributed by atoms with Gasteiger partial charge in [0.15, 0.2) is 0 Å². The molecule has 1 saturated carbocycles. The monoisotopic (exact) mass is 391 g/mol. The van der Waals surface area contributed by atoms with Crippen LogP contribution in [-0.2, 0) is 4.79 Å². The van der Waals surface area contributed by atoms with Crippen molar-refractivity contribution in [2.24, 2.45) is 0 Å². The van der Waals surface area contributed by atoms with E-state index >= 15 is 0 Å². The third-order valence-electron chi connectivity index (χ3n) is 3.89. The average molecular weight is 391 g/mol. The predicted octanol–water partition coefficient (Wildman–Crippen LogP) is 3.94. The van der Waals surface area contributed by atoms with Gasteiger partial charge in [0.05, 0.1) is 12.2 Å². The van der Waals surface area contributed by atoms with Crippen LogP contribution in [0.1, 0.15) is 23.2 Å². The maximum atomic E-state index is 12.6. The number of benzene rings is 2. The largest absolute Gasteiger partial charge is 0.376 e. The Morgan fingerprint density at radius 3 is 2.44 bits per heavy atom. The number of halogens is 2. The van der Waals surface area contributed by atoms with E-state index in [1.807, 2.05) is 0 Å². The molecule has 5 nitrogen and oxygen atoms in total. The number of nitrogens with one attached hydrogen (secondary N) is 3. The van der Waals surface area contributed by atoms with Crippen LogP contribution in [0.4, 0.5) is 20.2 Å². The summed E-state index contributed by atoms with van der Waals surface area (Å²) >= 11 is 0.388. The van der Waals surface area contributed by atoms with Crippen LogP contribution in [0.25, 0.3) is 0 Å². The molecule has 0 spiro atoms. The highest BCUT2D eigenvalue weighted by molar-refractivity contribution is 7.99. The van der Waals surface area contributed by atoms with Crippen molar-refractivity contribution in [1.82, 2.24) is 5.32 Å². The number of hydrogen-bond acceptors (Lipinski definition) is 4. The zero-order valence-electron chi connectivity index (χ0n) is 14.4. The van der Waals surface area contributed by atoms with Crippen molar-refractivity contribution >= 4 is 35.0 Å². The molecule has 0 heterocycles. The summed E-state index contributed by atoms with van der Waals surface area (Å²) in [6.45, 7) is -0.0265. The summed E-state index contributed by atoms with van der Waals surface area (Å²) in [4.78, 5) is 24.3. The first kappa shape index (κ1) is 19.2. The molecule has 0 bridgehead atoms. The van der Waals surface area contributed by atoms with E-state index < -0.39 is 5.76 Å². The molecule has 0 saturated heterocycles. The standard InChI is InChI=1S/C19H19F2N3O2S/c20-19(21)27-16-4-2-1-3-15(16)24-17(25)11-22-13-7-5-12(6-8-13)18(26)23-14-9-10-14/h1-8,14,19,22H,9-11H2,(H,23,26)(H,24,25). The molecule has 0 aliphatic heterocycles. The fourth-order valence-corrected chi connectivity index (χ4v) is 2.98. The van der Waals surface area contributed by atoms with Gasteiger partial charge in [-0.1, -0.05) is 23.9 Å². The van der Waals surface area contributed by atoms with Crippen LogP contribution in [0.15, 0.2) is 53.4 Å². The second kappa shape index (κ2) is 8.85. The molecule has 1 aliphatic rings. The van der Waals surface area contributed by atoms with Gasteiger partial charge >= 0.3 is 0 Å². The molecule has 0 aromatic heterocycles. The van der Waals surface area contributed by atoms with Crippen molar-refractivity contribution in [3.05, 3.63) is 54.1 Å². The van der Waals surface area contributed by atoms with Crippen molar-refractivity contribution in [3.8, 4) is 0 Å². The second-order valence-electron chi connectivity index (χ2n) is 6.10. The molecule has 1 fully saturated rings. The zero-order valence-corrected chi connectivity index (χ0v) is 15.2. The summed E-state index contributed by atoms with van der Waals surface area (Å²) in [5, 5.41) is 8.48. The Morgan fingerprint density at radius 2 is 1.78 bits per heavy atom. The summed E-state index contributed by atoms with van der Waals surface area (Å²) in [5.41, 5.74) is 1.60. The van der Waals surface area contributed by atoms with Crippen molar-refractivity contribution in [2.75, 3.05) is 17.2 Å². The molecule has 2 amide bonds. The molecule has 2 aromatic rings. The van der Waals surface area contributed by atoms with E-state index in [2.05, 4.69) is 16.0 Å². The third-order valence-corrected chi connectivity index (χ3v) is 4.68. The molecular weight excluding hydrogens is 372 g/mol. The number of rotatable bonds is 8. The number of carbonyl (C=O) groups is 2. The summed E-state index contributed by atoms with van der Waals surface area (Å²) in [6.07, 6.45) is 2.05. The Balaban J connectivity index is 1.51. The van der Waals surface area contributed by atoms with E-state index in [0.29, 0.717) is 39.6 Å². The number of amides is 2. The number of para-hydroxylation sites is 1. The minimum Gasteiger partial charge on any atom is -0.376 e. The molecule has 8 heteroatoms. The van der Waals surface area contributed by atoms with Gasteiger partial charge in [-0.25, -0.2) is 0 Å². The lowest BCUT2D eigenvalue weighted by molar-refractivity contribution is -0.114. The Morgan fingerprint density at radius 1 is 1.07 bits per heavy atom. The van der Waals surface area contributed by atoms with Gasteiger partial charge in [-0.2, -0.15) is 8.78 Å². The first-order valence-electron chi connectivity index (χ1n) is 8.50. The third kappa shape index (κ3) is 5.96. The molecule has 0 radical (unpaired) electrons. The van der Waals surface area contributed by atoms with Crippen LogP contribution in [0, 0.1) is 0 Å². The van der Waals surface area contributed by atoms with Crippen LogP contribution in [0.2, 0.25) is 0 Å². The van der Waals surface area contributed by atoms with Gasteiger partial charge in [0.25, 0.3) is 11.7 Å². The minimum absolute atomic E-state index is 0.0265. The molecule has 142 valence electrons. The minimum atomic E-state index is -2.56. The number of hydrogen-bond donors (Lipinski definition) is 3. The molecule has 3 N–H and O–H groups in total. The van der Waals surface area contributed by atoms with Crippen LogP contribution < -0.4 is 16.0 Å². The topological polar surface area (TPSA) is 70.2 Å². The van der Waals surface area contributed by atoms with E-state index in [1.165, 1.54) is 6.07 Å². The molecular formula is C19H19F2N3O2S. The van der Waals surface area contributed by atoms with Crippen LogP contribution in [-0.4, -0.2) is 30.2 Å². The van der Waals surface area contributed by atoms with Gasteiger partial charge in [-0.15, -0.1) is 0 Å². The highest BCUT2D eigenvalue weighted by Gasteiger charge is 2.23. The van der Waals surface area contributed by atoms with Gasteiger partial charge in [0.2, 0.25) is 5.91 Å². The molecule has 0 unspecified atom stereocenters. The number of thioether (sulfide) groups is 1. The maximum absolute atomic E-state index is 12.6. The van der Waals surface area contributed by atoms with Crippen LogP contribution in [0.3, 0.4) is 0 Å². The number of alkyl halides is 2. The highest BCUT2D eigenvalue weighted by atomic mass is 32.2. The van der Waals surface area contributed by atoms with Crippen molar-refractivity contribution < 1.29 is 18.4 Å². The van der Waals surface area contributed by atoms with Crippen molar-refractivity contribution in [3.63, 3.8) is 0 Å². The Kier molecular flexibility index (Phi) is 6.28. The fourth-order valence-electron chi connectivity index (χ4n) is 2.38. The Bertz CT molecular complexity index is 811. The van der Waals surface area contributed by atoms with Gasteiger partial charge in [0.1, 0.15) is 0 Å². The smallest absolute Gasteiger partial charge is 0.288 e. The molecule has 27 heavy (non-hydrogen) atoms. The van der Waals surface area contributed by atoms with Gasteiger partial charge in [0, 0.05) is 22.2 Å². The average Bonchev–Trinajstić information content (AvgIpc) is 3.45. The van der Waals surface area contributed by atoms with Gasteiger partial charge in [-0.3, -0.25) is 9.59 Å². The molecule has 0 atom stereocenters. The lowest BCUT2D eigenvalue weighted by Gasteiger charge is -2.11. The molecule has 3 rings (SSSR count). The van der Waals surface area contributed by atoms with E-state index in [4.69, 9.17) is 0 Å². The SMILES string of the molecule is O=C(CNc1ccc(C(=O)NC2CC2)cc1)Nc1ccccc1SC(F)F. The van der Waals surface area contributed by atoms with E-state index in [1.54, 1.807) is 42.5 Å². The number of anilines is 2. The summed E-state index contributed by atoms with van der Waals surface area (Å²) < 4.78 is 25.2. The molecule has 1 aliphatic carbocycles. The van der Waals surface area contributed by atoms with Crippen molar-refractivity contribution in [2.45, 2.75) is 29.5 Å². The Hall–Kier alpha value is -2.61. The highest BCUT2D eigenvalue weighted by Crippen LogP contribution is 2.31. The predicted molar refractivity (Wildman–Crippen MR) is 102 cm³/mol. The zero-order chi connectivity index (χ0) is 19.2.